The summed E-state index contributed by atoms with van der Waals surface area (Å²) in [6.45, 7) is 2.18. The zero-order chi connectivity index (χ0) is 17.6. The smallest absolute Gasteiger partial charge is 0.248 e. The molecule has 1 fully saturated rings. The van der Waals surface area contributed by atoms with Crippen molar-refractivity contribution < 1.29 is 13.5 Å². The van der Waals surface area contributed by atoms with Crippen LogP contribution in [0, 0.1) is 11.8 Å². The Bertz CT molecular complexity index is 764. The Kier molecular flexibility index (Phi) is 4.01. The third kappa shape index (κ3) is 2.92. The number of rotatable bonds is 4. The maximum atomic E-state index is 13.4. The molecule has 2 aliphatic rings. The van der Waals surface area contributed by atoms with E-state index in [2.05, 4.69) is 21.5 Å². The number of nitrogens with zero attached hydrogens (tertiary/aromatic N) is 3. The van der Waals surface area contributed by atoms with Gasteiger partial charge in [-0.1, -0.05) is 6.92 Å². The van der Waals surface area contributed by atoms with E-state index in [9.17, 15) is 8.78 Å². The van der Waals surface area contributed by atoms with Crippen LogP contribution in [-0.2, 0) is 0 Å². The van der Waals surface area contributed by atoms with Gasteiger partial charge in [0.1, 0.15) is 0 Å². The van der Waals surface area contributed by atoms with Crippen LogP contribution in [0.25, 0.3) is 11.3 Å². The normalized spacial score (nSPS) is 23.1. The summed E-state index contributed by atoms with van der Waals surface area (Å²) in [5, 5.41) is 0. The fourth-order valence-electron chi connectivity index (χ4n) is 4.34. The summed E-state index contributed by atoms with van der Waals surface area (Å²) >= 11 is 0. The molecule has 2 unspecified atom stereocenters. The maximum absolute atomic E-state index is 13.4. The summed E-state index contributed by atoms with van der Waals surface area (Å²) in [4.78, 5) is 8.95. The maximum Gasteiger partial charge on any atom is 0.248 e. The van der Waals surface area contributed by atoms with E-state index >= 15 is 0 Å². The van der Waals surface area contributed by atoms with Crippen molar-refractivity contribution in [2.75, 3.05) is 7.11 Å². The SMILES string of the molecule is COc1ccc2c(n1)C(CC(C)C1CCC(F)(F)CC1)n1cncc1-2. The number of hydrogen-bond acceptors (Lipinski definition) is 3. The lowest BCUT2D eigenvalue weighted by Gasteiger charge is -2.33. The van der Waals surface area contributed by atoms with Crippen LogP contribution in [0.5, 0.6) is 5.88 Å². The van der Waals surface area contributed by atoms with Crippen LogP contribution in [0.1, 0.15) is 50.8 Å². The first-order valence-electron chi connectivity index (χ1n) is 8.93. The van der Waals surface area contributed by atoms with Gasteiger partial charge in [0.05, 0.1) is 37.1 Å². The topological polar surface area (TPSA) is 39.9 Å². The highest BCUT2D eigenvalue weighted by Crippen LogP contribution is 2.45. The summed E-state index contributed by atoms with van der Waals surface area (Å²) in [6, 6.07) is 3.99. The zero-order valence-electron chi connectivity index (χ0n) is 14.6. The average Bonchev–Trinajstić information content (AvgIpc) is 3.17. The molecule has 0 saturated heterocycles. The van der Waals surface area contributed by atoms with E-state index < -0.39 is 5.92 Å². The number of hydrogen-bond donors (Lipinski definition) is 0. The van der Waals surface area contributed by atoms with Crippen molar-refractivity contribution in [2.45, 2.75) is 51.0 Å². The molecular weight excluding hydrogens is 324 g/mol. The van der Waals surface area contributed by atoms with Crippen LogP contribution < -0.4 is 4.74 Å². The van der Waals surface area contributed by atoms with Crippen molar-refractivity contribution in [2.24, 2.45) is 11.8 Å². The zero-order valence-corrected chi connectivity index (χ0v) is 14.6. The molecule has 0 N–H and O–H groups in total. The molecule has 3 heterocycles. The monoisotopic (exact) mass is 347 g/mol. The van der Waals surface area contributed by atoms with Crippen LogP contribution in [0.4, 0.5) is 8.78 Å². The summed E-state index contributed by atoms with van der Waals surface area (Å²) in [6.07, 6.45) is 5.84. The minimum absolute atomic E-state index is 0.0195. The second kappa shape index (κ2) is 6.07. The number of ether oxygens (including phenoxy) is 1. The Balaban J connectivity index is 1.57. The van der Waals surface area contributed by atoms with Crippen molar-refractivity contribution in [3.63, 3.8) is 0 Å². The molecule has 1 aliphatic carbocycles. The van der Waals surface area contributed by atoms with Crippen molar-refractivity contribution in [1.82, 2.24) is 14.5 Å². The molecule has 2 aromatic heterocycles. The third-order valence-electron chi connectivity index (χ3n) is 5.86. The molecular formula is C19H23F2N3O. The standard InChI is InChI=1S/C19H23F2N3O/c1-12(13-5-7-19(20,21)8-6-13)9-15-18-14(3-4-17(23-18)25-2)16-10-22-11-24(15)16/h3-4,10-13,15H,5-9H2,1-2H3. The number of imidazole rings is 1. The summed E-state index contributed by atoms with van der Waals surface area (Å²) in [7, 11) is 1.62. The molecule has 2 atom stereocenters. The van der Waals surface area contributed by atoms with E-state index in [-0.39, 0.29) is 18.9 Å². The molecule has 0 amide bonds. The third-order valence-corrected chi connectivity index (χ3v) is 5.86. The number of halogens is 2. The Morgan fingerprint density at radius 2 is 2.08 bits per heavy atom. The molecule has 4 rings (SSSR count). The highest BCUT2D eigenvalue weighted by molar-refractivity contribution is 5.67. The fraction of sp³-hybridized carbons (Fsp3) is 0.579. The van der Waals surface area contributed by atoms with Crippen molar-refractivity contribution in [1.29, 1.82) is 0 Å². The van der Waals surface area contributed by atoms with Crippen LogP contribution in [0.15, 0.2) is 24.7 Å². The number of alkyl halides is 2. The number of pyridine rings is 1. The summed E-state index contributed by atoms with van der Waals surface area (Å²) < 4.78 is 34.3. The van der Waals surface area contributed by atoms with E-state index in [1.165, 1.54) is 0 Å². The summed E-state index contributed by atoms with van der Waals surface area (Å²) in [5.74, 6) is -1.16. The molecule has 25 heavy (non-hydrogen) atoms. The van der Waals surface area contributed by atoms with E-state index in [1.54, 1.807) is 7.11 Å². The first kappa shape index (κ1) is 16.5. The quantitative estimate of drug-likeness (QED) is 0.804. The molecule has 0 bridgehead atoms. The van der Waals surface area contributed by atoms with Crippen molar-refractivity contribution in [3.8, 4) is 17.1 Å². The Hall–Kier alpha value is -1.98. The second-order valence-corrected chi connectivity index (χ2v) is 7.39. The minimum atomic E-state index is -2.47. The Labute approximate surface area is 146 Å². The molecule has 0 radical (unpaired) electrons. The highest BCUT2D eigenvalue weighted by Gasteiger charge is 2.38. The van der Waals surface area contributed by atoms with Crippen molar-refractivity contribution >= 4 is 0 Å². The lowest BCUT2D eigenvalue weighted by molar-refractivity contribution is -0.0521. The number of fused-ring (bicyclic) bond motifs is 3. The van der Waals surface area contributed by atoms with Gasteiger partial charge in [0.25, 0.3) is 0 Å². The predicted octanol–water partition coefficient (Wildman–Crippen LogP) is 4.71. The van der Waals surface area contributed by atoms with Crippen molar-refractivity contribution in [3.05, 3.63) is 30.4 Å². The first-order chi connectivity index (χ1) is 12.0. The largest absolute Gasteiger partial charge is 0.481 e. The van der Waals surface area contributed by atoms with Gasteiger partial charge in [-0.2, -0.15) is 0 Å². The highest BCUT2D eigenvalue weighted by atomic mass is 19.3. The molecule has 0 aromatic carbocycles. The number of aromatic nitrogens is 3. The predicted molar refractivity (Wildman–Crippen MR) is 90.8 cm³/mol. The Morgan fingerprint density at radius 3 is 2.80 bits per heavy atom. The van der Waals surface area contributed by atoms with Gasteiger partial charge in [-0.05, 0) is 37.2 Å². The molecule has 4 nitrogen and oxygen atoms in total. The Morgan fingerprint density at radius 1 is 1.32 bits per heavy atom. The van der Waals surface area contributed by atoms with Crippen LogP contribution in [0.3, 0.4) is 0 Å². The van der Waals surface area contributed by atoms with Crippen LogP contribution in [0.2, 0.25) is 0 Å². The van der Waals surface area contributed by atoms with E-state index in [4.69, 9.17) is 4.74 Å². The summed E-state index contributed by atoms with van der Waals surface area (Å²) in [5.41, 5.74) is 3.16. The van der Waals surface area contributed by atoms with Gasteiger partial charge >= 0.3 is 0 Å². The van der Waals surface area contributed by atoms with Gasteiger partial charge in [-0.3, -0.25) is 0 Å². The van der Waals surface area contributed by atoms with E-state index in [0.717, 1.165) is 23.4 Å². The molecule has 0 spiro atoms. The van der Waals surface area contributed by atoms with Gasteiger partial charge in [-0.25, -0.2) is 18.7 Å². The van der Waals surface area contributed by atoms with Crippen LogP contribution >= 0.6 is 0 Å². The van der Waals surface area contributed by atoms with E-state index in [1.807, 2.05) is 24.7 Å². The molecule has 1 aliphatic heterocycles. The lowest BCUT2D eigenvalue weighted by atomic mass is 9.77. The molecule has 6 heteroatoms. The lowest BCUT2D eigenvalue weighted by Crippen LogP contribution is -2.28. The molecule has 134 valence electrons. The molecule has 2 aromatic rings. The van der Waals surface area contributed by atoms with Gasteiger partial charge < -0.3 is 9.30 Å². The van der Waals surface area contributed by atoms with Gasteiger partial charge in [0.2, 0.25) is 11.8 Å². The average molecular weight is 347 g/mol. The first-order valence-corrected chi connectivity index (χ1v) is 8.93. The minimum Gasteiger partial charge on any atom is -0.481 e. The van der Waals surface area contributed by atoms with Gasteiger partial charge in [-0.15, -0.1) is 0 Å². The van der Waals surface area contributed by atoms with Gasteiger partial charge in [0, 0.05) is 24.5 Å². The number of methoxy groups -OCH3 is 1. The van der Waals surface area contributed by atoms with E-state index in [0.29, 0.717) is 30.6 Å². The van der Waals surface area contributed by atoms with Gasteiger partial charge in [0.15, 0.2) is 0 Å². The molecule has 1 saturated carbocycles. The fourth-order valence-corrected chi connectivity index (χ4v) is 4.34. The van der Waals surface area contributed by atoms with Crippen LogP contribution in [-0.4, -0.2) is 27.6 Å². The second-order valence-electron chi connectivity index (χ2n) is 7.39.